The van der Waals surface area contributed by atoms with E-state index in [9.17, 15) is 24.0 Å². The van der Waals surface area contributed by atoms with Crippen molar-refractivity contribution in [1.29, 1.82) is 0 Å². The molecule has 2 aliphatic heterocycles. The summed E-state index contributed by atoms with van der Waals surface area (Å²) in [5.74, 6) is -3.11. The minimum absolute atomic E-state index is 0.107. The summed E-state index contributed by atoms with van der Waals surface area (Å²) >= 11 is 0. The van der Waals surface area contributed by atoms with Gasteiger partial charge in [-0.25, -0.2) is 0 Å². The van der Waals surface area contributed by atoms with Crippen molar-refractivity contribution in [3.63, 3.8) is 0 Å². The lowest BCUT2D eigenvalue weighted by molar-refractivity contribution is -0.260. The molecule has 10 heteroatoms. The molecule has 3 fully saturated rings. The lowest BCUT2D eigenvalue weighted by Crippen LogP contribution is -2.73. The van der Waals surface area contributed by atoms with E-state index in [4.69, 9.17) is 23.7 Å². The van der Waals surface area contributed by atoms with Crippen LogP contribution in [-0.4, -0.2) is 72.7 Å². The summed E-state index contributed by atoms with van der Waals surface area (Å²) < 4.78 is 28.2. The third-order valence-corrected chi connectivity index (χ3v) is 7.13. The van der Waals surface area contributed by atoms with Crippen LogP contribution in [0.5, 0.6) is 0 Å². The smallest absolute Gasteiger partial charge is 0.303 e. The molecule has 0 aromatic rings. The van der Waals surface area contributed by atoms with Gasteiger partial charge < -0.3 is 23.7 Å². The predicted molar refractivity (Wildman–Crippen MR) is 99.4 cm³/mol. The Labute approximate surface area is 178 Å². The maximum Gasteiger partial charge on any atom is 0.303 e. The van der Waals surface area contributed by atoms with Crippen molar-refractivity contribution in [2.45, 2.75) is 64.6 Å². The van der Waals surface area contributed by atoms with E-state index in [-0.39, 0.29) is 12.2 Å². The zero-order valence-electron chi connectivity index (χ0n) is 17.9. The third kappa shape index (κ3) is 2.61. The zero-order valence-corrected chi connectivity index (χ0v) is 17.9. The standard InChI is InChI=1S/C21H24O10/c1-9-6-13-20(7-27-10(2)22,17(14(9)25)30-12(4)24)19(5)16(29-11(3)23)15(26)18(31-13)21(19)8-28-21/h6,13,16-18H,7-8H2,1-5H3/t13-,16-,17-,18-,19-,20-,21+/m1/s1. The summed E-state index contributed by atoms with van der Waals surface area (Å²) in [4.78, 5) is 62.2. The van der Waals surface area contributed by atoms with Crippen LogP contribution in [0.1, 0.15) is 34.6 Å². The van der Waals surface area contributed by atoms with E-state index in [1.807, 2.05) is 0 Å². The second-order valence-corrected chi connectivity index (χ2v) is 8.73. The van der Waals surface area contributed by atoms with Crippen LogP contribution >= 0.6 is 0 Å². The lowest BCUT2D eigenvalue weighted by Gasteiger charge is -2.58. The Morgan fingerprint density at radius 2 is 1.65 bits per heavy atom. The van der Waals surface area contributed by atoms with Gasteiger partial charge in [-0.1, -0.05) is 6.92 Å². The topological polar surface area (TPSA) is 135 Å². The minimum atomic E-state index is -1.57. The van der Waals surface area contributed by atoms with Crippen LogP contribution in [0.2, 0.25) is 0 Å². The first-order chi connectivity index (χ1) is 14.4. The van der Waals surface area contributed by atoms with Gasteiger partial charge in [-0.2, -0.15) is 0 Å². The van der Waals surface area contributed by atoms with Gasteiger partial charge in [-0.05, 0) is 18.6 Å². The zero-order chi connectivity index (χ0) is 22.9. The quantitative estimate of drug-likeness (QED) is 0.338. The van der Waals surface area contributed by atoms with Gasteiger partial charge in [0.25, 0.3) is 0 Å². The monoisotopic (exact) mass is 436 g/mol. The molecular weight excluding hydrogens is 412 g/mol. The molecule has 7 atom stereocenters. The number of hydrogen-bond acceptors (Lipinski definition) is 10. The Hall–Kier alpha value is -2.59. The average Bonchev–Trinajstić information content (AvgIpc) is 3.45. The van der Waals surface area contributed by atoms with Crippen LogP contribution in [0.15, 0.2) is 11.6 Å². The Balaban J connectivity index is 1.99. The molecule has 31 heavy (non-hydrogen) atoms. The van der Waals surface area contributed by atoms with Gasteiger partial charge in [0.1, 0.15) is 12.2 Å². The molecule has 2 heterocycles. The number of carbonyl (C=O) groups is 5. The summed E-state index contributed by atoms with van der Waals surface area (Å²) in [5.41, 5.74) is -3.89. The molecule has 1 saturated carbocycles. The fraction of sp³-hybridized carbons (Fsp3) is 0.667. The third-order valence-electron chi connectivity index (χ3n) is 7.13. The number of fused-ring (bicyclic) bond motifs is 2. The van der Waals surface area contributed by atoms with Crippen molar-refractivity contribution in [1.82, 2.24) is 0 Å². The van der Waals surface area contributed by atoms with Crippen molar-refractivity contribution in [3.05, 3.63) is 11.6 Å². The summed E-state index contributed by atoms with van der Waals surface area (Å²) in [6.45, 7) is 6.39. The van der Waals surface area contributed by atoms with E-state index in [1.54, 1.807) is 13.8 Å². The second kappa shape index (κ2) is 6.70. The van der Waals surface area contributed by atoms with Gasteiger partial charge in [-0.15, -0.1) is 0 Å². The van der Waals surface area contributed by atoms with Crippen molar-refractivity contribution < 1.29 is 47.7 Å². The maximum absolute atomic E-state index is 13.3. The summed E-state index contributed by atoms with van der Waals surface area (Å²) in [6, 6.07) is 0. The summed E-state index contributed by atoms with van der Waals surface area (Å²) in [5, 5.41) is 0. The normalized spacial score (nSPS) is 42.5. The number of epoxide rings is 1. The summed E-state index contributed by atoms with van der Waals surface area (Å²) in [7, 11) is 0. The molecule has 1 spiro atoms. The molecule has 10 nitrogen and oxygen atoms in total. The first-order valence-corrected chi connectivity index (χ1v) is 9.96. The van der Waals surface area contributed by atoms with Crippen LogP contribution in [0.4, 0.5) is 0 Å². The van der Waals surface area contributed by atoms with Crippen LogP contribution in [-0.2, 0) is 47.7 Å². The van der Waals surface area contributed by atoms with E-state index < -0.39 is 76.9 Å². The predicted octanol–water partition coefficient (Wildman–Crippen LogP) is 0.0537. The lowest BCUT2D eigenvalue weighted by atomic mass is 9.50. The van der Waals surface area contributed by atoms with E-state index in [1.165, 1.54) is 13.0 Å². The van der Waals surface area contributed by atoms with Crippen molar-refractivity contribution in [2.75, 3.05) is 13.2 Å². The SMILES string of the molecule is CC(=O)OC[C@]12[C@H](OC(C)=O)C(=O)C(C)=C[C@H]1O[C@@H]1C(=O)[C@@H](OC(C)=O)[C@@]2(C)[C@]12CO2. The van der Waals surface area contributed by atoms with Gasteiger partial charge in [0, 0.05) is 20.8 Å². The van der Waals surface area contributed by atoms with E-state index >= 15 is 0 Å². The fourth-order valence-electron chi connectivity index (χ4n) is 5.61. The number of esters is 3. The number of carbonyl (C=O) groups excluding carboxylic acids is 5. The van der Waals surface area contributed by atoms with Gasteiger partial charge >= 0.3 is 17.9 Å². The largest absolute Gasteiger partial charge is 0.465 e. The van der Waals surface area contributed by atoms with Crippen LogP contribution in [0.25, 0.3) is 0 Å². The van der Waals surface area contributed by atoms with Crippen molar-refractivity contribution in [3.8, 4) is 0 Å². The molecule has 2 saturated heterocycles. The highest BCUT2D eigenvalue weighted by atomic mass is 16.6. The molecule has 0 N–H and O–H groups in total. The molecule has 0 amide bonds. The Bertz CT molecular complexity index is 930. The molecule has 0 radical (unpaired) electrons. The van der Waals surface area contributed by atoms with E-state index in [0.29, 0.717) is 0 Å². The number of rotatable bonds is 4. The number of hydrogen-bond donors (Lipinski definition) is 0. The highest BCUT2D eigenvalue weighted by Crippen LogP contribution is 2.71. The second-order valence-electron chi connectivity index (χ2n) is 8.73. The number of ether oxygens (including phenoxy) is 5. The van der Waals surface area contributed by atoms with Gasteiger partial charge in [0.2, 0.25) is 5.78 Å². The van der Waals surface area contributed by atoms with Gasteiger partial charge in [-0.3, -0.25) is 24.0 Å². The molecular formula is C21H24O10. The van der Waals surface area contributed by atoms with Crippen LogP contribution in [0.3, 0.4) is 0 Å². The van der Waals surface area contributed by atoms with Crippen molar-refractivity contribution in [2.24, 2.45) is 10.8 Å². The fourth-order valence-corrected chi connectivity index (χ4v) is 5.61. The molecule has 2 aliphatic carbocycles. The number of ketones is 2. The van der Waals surface area contributed by atoms with Gasteiger partial charge in [0.15, 0.2) is 24.1 Å². The van der Waals surface area contributed by atoms with Crippen LogP contribution < -0.4 is 0 Å². The first kappa shape index (κ1) is 21.6. The van der Waals surface area contributed by atoms with Crippen LogP contribution in [0, 0.1) is 10.8 Å². The molecule has 4 aliphatic rings. The minimum Gasteiger partial charge on any atom is -0.465 e. The van der Waals surface area contributed by atoms with Gasteiger partial charge in [0.05, 0.1) is 23.5 Å². The Morgan fingerprint density at radius 1 is 1.06 bits per heavy atom. The summed E-state index contributed by atoms with van der Waals surface area (Å²) in [6.07, 6.45) is -3.25. The van der Waals surface area contributed by atoms with E-state index in [0.717, 1.165) is 13.8 Å². The van der Waals surface area contributed by atoms with E-state index in [2.05, 4.69) is 0 Å². The maximum atomic E-state index is 13.3. The molecule has 168 valence electrons. The molecule has 4 rings (SSSR count). The molecule has 0 aromatic carbocycles. The first-order valence-electron chi connectivity index (χ1n) is 9.96. The molecule has 2 bridgehead atoms. The number of Topliss-reactive ketones (excluding diaryl/α,β-unsaturated/α-hetero) is 2. The highest BCUT2D eigenvalue weighted by molar-refractivity contribution is 6.03. The highest BCUT2D eigenvalue weighted by Gasteiger charge is 2.88. The molecule has 0 unspecified atom stereocenters. The molecule has 0 aromatic heterocycles. The Kier molecular flexibility index (Phi) is 4.68. The average molecular weight is 436 g/mol. The Morgan fingerprint density at radius 3 is 2.16 bits per heavy atom. The van der Waals surface area contributed by atoms with Crippen molar-refractivity contribution >= 4 is 29.5 Å².